The molecule has 0 aliphatic rings. The summed E-state index contributed by atoms with van der Waals surface area (Å²) < 4.78 is 15.8. The van der Waals surface area contributed by atoms with Gasteiger partial charge in [0.25, 0.3) is 0 Å². The lowest BCUT2D eigenvalue weighted by molar-refractivity contribution is -0.144. The van der Waals surface area contributed by atoms with E-state index in [0.717, 1.165) is 5.75 Å². The molecule has 0 aromatic heterocycles. The van der Waals surface area contributed by atoms with Crippen LogP contribution in [0.5, 0.6) is 11.5 Å². The van der Waals surface area contributed by atoms with Crippen molar-refractivity contribution in [1.82, 2.24) is 5.32 Å². The van der Waals surface area contributed by atoms with Crippen molar-refractivity contribution < 1.29 is 19.0 Å². The van der Waals surface area contributed by atoms with E-state index in [1.165, 1.54) is 7.11 Å². The van der Waals surface area contributed by atoms with Crippen LogP contribution in [-0.4, -0.2) is 38.4 Å². The summed E-state index contributed by atoms with van der Waals surface area (Å²) in [6, 6.07) is 7.01. The summed E-state index contributed by atoms with van der Waals surface area (Å²) in [5.74, 6) is 1.08. The summed E-state index contributed by atoms with van der Waals surface area (Å²) in [5, 5.41) is 3.11. The third-order valence-corrected chi connectivity index (χ3v) is 2.55. The van der Waals surface area contributed by atoms with Crippen LogP contribution in [0.1, 0.15) is 20.8 Å². The first kappa shape index (κ1) is 16.3. The van der Waals surface area contributed by atoms with Crippen molar-refractivity contribution in [3.8, 4) is 11.5 Å². The molecule has 1 aromatic rings. The number of hydrogen-bond acceptors (Lipinski definition) is 5. The molecule has 1 N–H and O–H groups in total. The van der Waals surface area contributed by atoms with E-state index >= 15 is 0 Å². The second-order valence-electron chi connectivity index (χ2n) is 4.62. The van der Waals surface area contributed by atoms with Gasteiger partial charge < -0.3 is 14.2 Å². The van der Waals surface area contributed by atoms with Gasteiger partial charge in [-0.05, 0) is 19.1 Å². The van der Waals surface area contributed by atoms with Crippen molar-refractivity contribution in [2.75, 3.05) is 20.3 Å². The minimum Gasteiger partial charge on any atom is -0.494 e. The highest BCUT2D eigenvalue weighted by Crippen LogP contribution is 2.19. The third kappa shape index (κ3) is 5.48. The van der Waals surface area contributed by atoms with Gasteiger partial charge in [-0.3, -0.25) is 10.1 Å². The minimum absolute atomic E-state index is 0.164. The van der Waals surface area contributed by atoms with Crippen molar-refractivity contribution in [2.45, 2.75) is 32.9 Å². The lowest BCUT2D eigenvalue weighted by Gasteiger charge is -2.19. The van der Waals surface area contributed by atoms with Crippen molar-refractivity contribution in [3.05, 3.63) is 24.3 Å². The summed E-state index contributed by atoms with van der Waals surface area (Å²) in [6.07, 6.45) is 0. The average Bonchev–Trinajstić information content (AvgIpc) is 2.43. The molecule has 5 nitrogen and oxygen atoms in total. The molecular weight excluding hydrogens is 258 g/mol. The summed E-state index contributed by atoms with van der Waals surface area (Å²) in [6.45, 7) is 6.66. The first-order chi connectivity index (χ1) is 9.56. The van der Waals surface area contributed by atoms with Crippen molar-refractivity contribution in [2.24, 2.45) is 0 Å². The maximum absolute atomic E-state index is 11.6. The quantitative estimate of drug-likeness (QED) is 0.739. The highest BCUT2D eigenvalue weighted by atomic mass is 16.5. The number of ether oxygens (including phenoxy) is 3. The maximum Gasteiger partial charge on any atom is 0.326 e. The molecule has 1 unspecified atom stereocenters. The van der Waals surface area contributed by atoms with E-state index in [9.17, 15) is 4.79 Å². The van der Waals surface area contributed by atoms with Gasteiger partial charge in [-0.1, -0.05) is 19.9 Å². The van der Waals surface area contributed by atoms with Gasteiger partial charge in [-0.2, -0.15) is 0 Å². The Bertz CT molecular complexity index is 420. The van der Waals surface area contributed by atoms with Gasteiger partial charge in [0, 0.05) is 12.1 Å². The molecule has 0 spiro atoms. The molecule has 0 amide bonds. The molecule has 112 valence electrons. The molecule has 0 bridgehead atoms. The standard InChI is InChI=1S/C15H23NO4/c1-5-19-12-7-6-8-13(9-12)20-10-14(15(17)18-4)16-11(2)3/h6-9,11,14,16H,5,10H2,1-4H3. The molecular formula is C15H23NO4. The SMILES string of the molecule is CCOc1cccc(OCC(NC(C)C)C(=O)OC)c1. The lowest BCUT2D eigenvalue weighted by atomic mass is 10.2. The predicted molar refractivity (Wildman–Crippen MR) is 77.2 cm³/mol. The summed E-state index contributed by atoms with van der Waals surface area (Å²) in [7, 11) is 1.37. The topological polar surface area (TPSA) is 56.8 Å². The van der Waals surface area contributed by atoms with Crippen LogP contribution in [0.4, 0.5) is 0 Å². The highest BCUT2D eigenvalue weighted by Gasteiger charge is 2.20. The third-order valence-electron chi connectivity index (χ3n) is 2.55. The van der Waals surface area contributed by atoms with Gasteiger partial charge in [0.15, 0.2) is 0 Å². The fourth-order valence-electron chi connectivity index (χ4n) is 1.73. The maximum atomic E-state index is 11.6. The van der Waals surface area contributed by atoms with Gasteiger partial charge in [-0.15, -0.1) is 0 Å². The second kappa shape index (κ2) is 8.43. The van der Waals surface area contributed by atoms with Crippen LogP contribution >= 0.6 is 0 Å². The van der Waals surface area contributed by atoms with E-state index in [1.807, 2.05) is 39.0 Å². The van der Waals surface area contributed by atoms with E-state index in [4.69, 9.17) is 14.2 Å². The molecule has 1 rings (SSSR count). The average molecular weight is 281 g/mol. The van der Waals surface area contributed by atoms with Crippen LogP contribution in [-0.2, 0) is 9.53 Å². The number of nitrogens with one attached hydrogen (secondary N) is 1. The Morgan fingerprint density at radius 3 is 2.45 bits per heavy atom. The Morgan fingerprint density at radius 1 is 1.25 bits per heavy atom. The van der Waals surface area contributed by atoms with Gasteiger partial charge in [0.1, 0.15) is 24.1 Å². The van der Waals surface area contributed by atoms with Crippen LogP contribution in [0.3, 0.4) is 0 Å². The first-order valence-electron chi connectivity index (χ1n) is 6.76. The van der Waals surface area contributed by atoms with Gasteiger partial charge in [-0.25, -0.2) is 0 Å². The molecule has 0 saturated heterocycles. The van der Waals surface area contributed by atoms with Crippen LogP contribution in [0.25, 0.3) is 0 Å². The van der Waals surface area contributed by atoms with Crippen LogP contribution in [0, 0.1) is 0 Å². The zero-order valence-corrected chi connectivity index (χ0v) is 12.5. The zero-order valence-electron chi connectivity index (χ0n) is 12.5. The summed E-state index contributed by atoms with van der Waals surface area (Å²) in [5.41, 5.74) is 0. The monoisotopic (exact) mass is 281 g/mol. The molecule has 1 aromatic carbocycles. The number of carbonyl (C=O) groups excluding carboxylic acids is 1. The fourth-order valence-corrected chi connectivity index (χ4v) is 1.73. The van der Waals surface area contributed by atoms with E-state index in [1.54, 1.807) is 6.07 Å². The fraction of sp³-hybridized carbons (Fsp3) is 0.533. The van der Waals surface area contributed by atoms with E-state index < -0.39 is 6.04 Å². The molecule has 1 atom stereocenters. The number of benzene rings is 1. The molecule has 0 aliphatic heterocycles. The van der Waals surface area contributed by atoms with Crippen LogP contribution in [0.2, 0.25) is 0 Å². The molecule has 0 aliphatic carbocycles. The number of hydrogen-bond donors (Lipinski definition) is 1. The second-order valence-corrected chi connectivity index (χ2v) is 4.62. The Labute approximate surface area is 120 Å². The number of carbonyl (C=O) groups is 1. The Hall–Kier alpha value is -1.75. The molecule has 0 fully saturated rings. The van der Waals surface area contributed by atoms with Gasteiger partial charge in [0.05, 0.1) is 13.7 Å². The molecule has 0 saturated carbocycles. The minimum atomic E-state index is -0.490. The Kier molecular flexibility index (Phi) is 6.87. The lowest BCUT2D eigenvalue weighted by Crippen LogP contribution is -2.45. The number of methoxy groups -OCH3 is 1. The van der Waals surface area contributed by atoms with E-state index in [2.05, 4.69) is 5.32 Å². The van der Waals surface area contributed by atoms with Crippen LogP contribution < -0.4 is 14.8 Å². The summed E-state index contributed by atoms with van der Waals surface area (Å²) in [4.78, 5) is 11.6. The summed E-state index contributed by atoms with van der Waals surface area (Å²) >= 11 is 0. The van der Waals surface area contributed by atoms with Crippen LogP contribution in [0.15, 0.2) is 24.3 Å². The smallest absolute Gasteiger partial charge is 0.326 e. The molecule has 0 radical (unpaired) electrons. The van der Waals surface area contributed by atoms with E-state index in [-0.39, 0.29) is 18.6 Å². The number of esters is 1. The largest absolute Gasteiger partial charge is 0.494 e. The highest BCUT2D eigenvalue weighted by molar-refractivity contribution is 5.75. The van der Waals surface area contributed by atoms with E-state index in [0.29, 0.717) is 12.4 Å². The predicted octanol–water partition coefficient (Wildman–Crippen LogP) is 2.00. The first-order valence-corrected chi connectivity index (χ1v) is 6.76. The Balaban J connectivity index is 2.62. The van der Waals surface area contributed by atoms with Crippen molar-refractivity contribution in [3.63, 3.8) is 0 Å². The van der Waals surface area contributed by atoms with Gasteiger partial charge in [0.2, 0.25) is 0 Å². The molecule has 5 heteroatoms. The van der Waals surface area contributed by atoms with Crippen molar-refractivity contribution in [1.29, 1.82) is 0 Å². The molecule has 20 heavy (non-hydrogen) atoms. The Morgan fingerprint density at radius 2 is 1.90 bits per heavy atom. The van der Waals surface area contributed by atoms with Gasteiger partial charge >= 0.3 is 5.97 Å². The normalized spacial score (nSPS) is 12.1. The number of rotatable bonds is 8. The molecule has 0 heterocycles. The van der Waals surface area contributed by atoms with Crippen molar-refractivity contribution >= 4 is 5.97 Å². The zero-order chi connectivity index (χ0) is 15.0.